The SMILES string of the molecule is Cc1ccc(OCc2cccc(C(=O)N3CCCC3C(=O)N(C)C)c2)cn1. The lowest BCUT2D eigenvalue weighted by atomic mass is 10.1. The smallest absolute Gasteiger partial charge is 0.254 e. The molecule has 1 aromatic carbocycles. The minimum atomic E-state index is -0.369. The van der Waals surface area contributed by atoms with Crippen molar-refractivity contribution in [1.82, 2.24) is 14.8 Å². The van der Waals surface area contributed by atoms with Crippen molar-refractivity contribution in [3.8, 4) is 5.75 Å². The molecule has 27 heavy (non-hydrogen) atoms. The molecule has 1 saturated heterocycles. The normalized spacial score (nSPS) is 16.3. The van der Waals surface area contributed by atoms with Crippen LogP contribution in [0.15, 0.2) is 42.6 Å². The summed E-state index contributed by atoms with van der Waals surface area (Å²) >= 11 is 0. The molecular weight excluding hydrogens is 342 g/mol. The van der Waals surface area contributed by atoms with E-state index in [0.29, 0.717) is 30.9 Å². The highest BCUT2D eigenvalue weighted by Gasteiger charge is 2.35. The van der Waals surface area contributed by atoms with Gasteiger partial charge in [-0.3, -0.25) is 14.6 Å². The molecule has 0 spiro atoms. The van der Waals surface area contributed by atoms with Gasteiger partial charge >= 0.3 is 0 Å². The van der Waals surface area contributed by atoms with Gasteiger partial charge in [-0.1, -0.05) is 12.1 Å². The molecule has 6 nitrogen and oxygen atoms in total. The van der Waals surface area contributed by atoms with Gasteiger partial charge in [0.05, 0.1) is 6.20 Å². The summed E-state index contributed by atoms with van der Waals surface area (Å²) in [6.45, 7) is 2.89. The molecule has 1 unspecified atom stereocenters. The number of carbonyl (C=O) groups excluding carboxylic acids is 2. The lowest BCUT2D eigenvalue weighted by molar-refractivity contribution is -0.132. The van der Waals surface area contributed by atoms with Crippen LogP contribution in [0.5, 0.6) is 5.75 Å². The van der Waals surface area contributed by atoms with Crippen LogP contribution in [0.4, 0.5) is 0 Å². The fraction of sp³-hybridized carbons (Fsp3) is 0.381. The maximum atomic E-state index is 13.0. The highest BCUT2D eigenvalue weighted by Crippen LogP contribution is 2.22. The third-order valence-electron chi connectivity index (χ3n) is 4.70. The lowest BCUT2D eigenvalue weighted by Crippen LogP contribution is -2.45. The number of aryl methyl sites for hydroxylation is 1. The summed E-state index contributed by atoms with van der Waals surface area (Å²) in [5.41, 5.74) is 2.41. The molecule has 0 aliphatic carbocycles. The first-order chi connectivity index (χ1) is 13.0. The van der Waals surface area contributed by atoms with Gasteiger partial charge in [-0.05, 0) is 49.6 Å². The van der Waals surface area contributed by atoms with Crippen LogP contribution >= 0.6 is 0 Å². The molecule has 1 aliphatic rings. The zero-order chi connectivity index (χ0) is 19.4. The summed E-state index contributed by atoms with van der Waals surface area (Å²) < 4.78 is 5.75. The van der Waals surface area contributed by atoms with Crippen LogP contribution in [0, 0.1) is 6.92 Å². The largest absolute Gasteiger partial charge is 0.487 e. The number of ether oxygens (including phenoxy) is 1. The van der Waals surface area contributed by atoms with Crippen LogP contribution in [0.25, 0.3) is 0 Å². The second-order valence-corrected chi connectivity index (χ2v) is 7.01. The molecule has 2 amide bonds. The maximum Gasteiger partial charge on any atom is 0.254 e. The van der Waals surface area contributed by atoms with Crippen LogP contribution in [0.2, 0.25) is 0 Å². The molecule has 0 bridgehead atoms. The van der Waals surface area contributed by atoms with Crippen molar-refractivity contribution in [3.63, 3.8) is 0 Å². The molecule has 2 heterocycles. The van der Waals surface area contributed by atoms with Crippen molar-refractivity contribution in [3.05, 3.63) is 59.4 Å². The van der Waals surface area contributed by atoms with Crippen LogP contribution in [0.3, 0.4) is 0 Å². The molecule has 1 atom stereocenters. The minimum absolute atomic E-state index is 0.0211. The van der Waals surface area contributed by atoms with Crippen molar-refractivity contribution in [2.45, 2.75) is 32.4 Å². The van der Waals surface area contributed by atoms with Crippen LogP contribution in [-0.4, -0.2) is 53.3 Å². The van der Waals surface area contributed by atoms with Gasteiger partial charge < -0.3 is 14.5 Å². The number of carbonyl (C=O) groups is 2. The Labute approximate surface area is 159 Å². The Kier molecular flexibility index (Phi) is 5.74. The first-order valence-electron chi connectivity index (χ1n) is 9.12. The molecule has 2 aromatic rings. The topological polar surface area (TPSA) is 62.7 Å². The quantitative estimate of drug-likeness (QED) is 0.815. The Morgan fingerprint density at radius 2 is 2.07 bits per heavy atom. The third-order valence-corrected chi connectivity index (χ3v) is 4.70. The highest BCUT2D eigenvalue weighted by molar-refractivity contribution is 5.98. The summed E-state index contributed by atoms with van der Waals surface area (Å²) in [6, 6.07) is 10.8. The molecule has 142 valence electrons. The number of benzene rings is 1. The van der Waals surface area contributed by atoms with Crippen molar-refractivity contribution < 1.29 is 14.3 Å². The number of likely N-dealkylation sites (N-methyl/N-ethyl adjacent to an activating group) is 1. The molecular formula is C21H25N3O3. The number of pyridine rings is 1. The van der Waals surface area contributed by atoms with E-state index in [1.54, 1.807) is 36.2 Å². The van der Waals surface area contributed by atoms with Crippen LogP contribution in [-0.2, 0) is 11.4 Å². The van der Waals surface area contributed by atoms with E-state index >= 15 is 0 Å². The number of hydrogen-bond donors (Lipinski definition) is 0. The fourth-order valence-electron chi connectivity index (χ4n) is 3.23. The summed E-state index contributed by atoms with van der Waals surface area (Å²) in [5, 5.41) is 0. The molecule has 0 radical (unpaired) electrons. The first kappa shape index (κ1) is 18.9. The van der Waals surface area contributed by atoms with E-state index in [1.165, 1.54) is 0 Å². The molecule has 0 saturated carbocycles. The van der Waals surface area contributed by atoms with Crippen molar-refractivity contribution in [1.29, 1.82) is 0 Å². The molecule has 1 fully saturated rings. The molecule has 6 heteroatoms. The van der Waals surface area contributed by atoms with Gasteiger partial charge in [0.15, 0.2) is 0 Å². The Bertz CT molecular complexity index is 818. The predicted octanol–water partition coefficient (Wildman–Crippen LogP) is 2.66. The van der Waals surface area contributed by atoms with Gasteiger partial charge in [-0.25, -0.2) is 0 Å². The Morgan fingerprint density at radius 1 is 1.26 bits per heavy atom. The van der Waals surface area contributed by atoms with Gasteiger partial charge in [0.1, 0.15) is 18.4 Å². The van der Waals surface area contributed by atoms with Crippen LogP contribution < -0.4 is 4.74 Å². The van der Waals surface area contributed by atoms with E-state index in [4.69, 9.17) is 4.74 Å². The van der Waals surface area contributed by atoms with Gasteiger partial charge in [0, 0.05) is 31.9 Å². The summed E-state index contributed by atoms with van der Waals surface area (Å²) in [6.07, 6.45) is 3.25. The second kappa shape index (κ2) is 8.20. The molecule has 1 aromatic heterocycles. The van der Waals surface area contributed by atoms with E-state index in [9.17, 15) is 9.59 Å². The average molecular weight is 367 g/mol. The van der Waals surface area contributed by atoms with Gasteiger partial charge in [-0.15, -0.1) is 0 Å². The number of hydrogen-bond acceptors (Lipinski definition) is 4. The number of aromatic nitrogens is 1. The monoisotopic (exact) mass is 367 g/mol. The van der Waals surface area contributed by atoms with E-state index in [-0.39, 0.29) is 17.9 Å². The van der Waals surface area contributed by atoms with Gasteiger partial charge in [0.2, 0.25) is 5.91 Å². The van der Waals surface area contributed by atoms with E-state index in [0.717, 1.165) is 17.7 Å². The average Bonchev–Trinajstić information content (AvgIpc) is 3.16. The van der Waals surface area contributed by atoms with Crippen LogP contribution in [0.1, 0.15) is 34.5 Å². The maximum absolute atomic E-state index is 13.0. The van der Waals surface area contributed by atoms with Gasteiger partial charge in [-0.2, -0.15) is 0 Å². The van der Waals surface area contributed by atoms with E-state index in [1.807, 2.05) is 37.3 Å². The number of nitrogens with zero attached hydrogens (tertiary/aromatic N) is 3. The highest BCUT2D eigenvalue weighted by atomic mass is 16.5. The molecule has 0 N–H and O–H groups in total. The fourth-order valence-corrected chi connectivity index (χ4v) is 3.23. The van der Waals surface area contributed by atoms with Crippen molar-refractivity contribution >= 4 is 11.8 Å². The lowest BCUT2D eigenvalue weighted by Gasteiger charge is -2.26. The van der Waals surface area contributed by atoms with Crippen molar-refractivity contribution in [2.24, 2.45) is 0 Å². The first-order valence-corrected chi connectivity index (χ1v) is 9.12. The van der Waals surface area contributed by atoms with Gasteiger partial charge in [0.25, 0.3) is 5.91 Å². The van der Waals surface area contributed by atoms with E-state index < -0.39 is 0 Å². The summed E-state index contributed by atoms with van der Waals surface area (Å²) in [4.78, 5) is 32.7. The predicted molar refractivity (Wildman–Crippen MR) is 103 cm³/mol. The number of rotatable bonds is 5. The summed E-state index contributed by atoms with van der Waals surface area (Å²) in [7, 11) is 3.45. The Morgan fingerprint density at radius 3 is 2.78 bits per heavy atom. The standard InChI is InChI=1S/C21H25N3O3/c1-15-9-10-18(13-22-15)27-14-16-6-4-7-17(12-16)20(25)24-11-5-8-19(24)21(26)23(2)3/h4,6-7,9-10,12-13,19H,5,8,11,14H2,1-3H3. The number of amides is 2. The zero-order valence-electron chi connectivity index (χ0n) is 16.0. The Hall–Kier alpha value is -2.89. The third kappa shape index (κ3) is 4.45. The molecule has 3 rings (SSSR count). The summed E-state index contributed by atoms with van der Waals surface area (Å²) in [5.74, 6) is 0.562. The minimum Gasteiger partial charge on any atom is -0.487 e. The number of likely N-dealkylation sites (tertiary alicyclic amines) is 1. The Balaban J connectivity index is 1.69. The second-order valence-electron chi connectivity index (χ2n) is 7.01. The molecule has 1 aliphatic heterocycles. The van der Waals surface area contributed by atoms with Crippen molar-refractivity contribution in [2.75, 3.05) is 20.6 Å². The zero-order valence-corrected chi connectivity index (χ0v) is 16.0. The van der Waals surface area contributed by atoms with E-state index in [2.05, 4.69) is 4.98 Å².